The van der Waals surface area contributed by atoms with E-state index in [-0.39, 0.29) is 17.9 Å². The molecule has 0 spiro atoms. The maximum atomic E-state index is 11.9. The molecule has 2 atom stereocenters. The van der Waals surface area contributed by atoms with E-state index in [1.54, 1.807) is 16.7 Å². The minimum Gasteiger partial charge on any atom is -0.481 e. The molecule has 1 saturated heterocycles. The number of carboxylic acids is 1. The van der Waals surface area contributed by atoms with E-state index in [1.165, 1.54) is 0 Å². The van der Waals surface area contributed by atoms with Gasteiger partial charge in [-0.2, -0.15) is 11.8 Å². The standard InChI is InChI=1S/C11H19NO3S/c1-8-3-4-9(11(14)15)7-12(8)10(13)5-6-16-2/h8-9H,3-7H2,1-2H3,(H,14,15). The molecule has 5 heteroatoms. The second kappa shape index (κ2) is 6.13. The lowest BCUT2D eigenvalue weighted by atomic mass is 9.93. The van der Waals surface area contributed by atoms with Crippen molar-refractivity contribution in [3.05, 3.63) is 0 Å². The molecule has 1 N–H and O–H groups in total. The average molecular weight is 245 g/mol. The van der Waals surface area contributed by atoms with Gasteiger partial charge in [-0.1, -0.05) is 0 Å². The first-order valence-corrected chi connectivity index (χ1v) is 6.96. The number of hydrogen-bond acceptors (Lipinski definition) is 3. The van der Waals surface area contributed by atoms with Gasteiger partial charge in [0.15, 0.2) is 0 Å². The number of likely N-dealkylation sites (tertiary alicyclic amines) is 1. The third-order valence-corrected chi connectivity index (χ3v) is 3.68. The summed E-state index contributed by atoms with van der Waals surface area (Å²) in [4.78, 5) is 24.5. The fraction of sp³-hybridized carbons (Fsp3) is 0.818. The largest absolute Gasteiger partial charge is 0.481 e. The Hall–Kier alpha value is -0.710. The minimum atomic E-state index is -0.783. The van der Waals surface area contributed by atoms with Crippen LogP contribution in [0.15, 0.2) is 0 Å². The third-order valence-electron chi connectivity index (χ3n) is 3.07. The van der Waals surface area contributed by atoms with Gasteiger partial charge in [0, 0.05) is 24.8 Å². The van der Waals surface area contributed by atoms with Gasteiger partial charge in [-0.25, -0.2) is 0 Å². The number of thioether (sulfide) groups is 1. The first kappa shape index (κ1) is 13.4. The highest BCUT2D eigenvalue weighted by molar-refractivity contribution is 7.98. The van der Waals surface area contributed by atoms with Gasteiger partial charge in [0.25, 0.3) is 0 Å². The summed E-state index contributed by atoms with van der Waals surface area (Å²) in [5, 5.41) is 8.96. The van der Waals surface area contributed by atoms with Gasteiger partial charge in [0.05, 0.1) is 5.92 Å². The van der Waals surface area contributed by atoms with Crippen LogP contribution in [0.3, 0.4) is 0 Å². The molecule has 0 aromatic rings. The molecule has 0 aliphatic carbocycles. The predicted octanol–water partition coefficient (Wildman–Crippen LogP) is 1.45. The van der Waals surface area contributed by atoms with Crippen molar-refractivity contribution in [1.82, 2.24) is 4.90 Å². The second-order valence-electron chi connectivity index (χ2n) is 4.25. The molecule has 2 unspecified atom stereocenters. The number of carbonyl (C=O) groups excluding carboxylic acids is 1. The van der Waals surface area contributed by atoms with Crippen LogP contribution >= 0.6 is 11.8 Å². The highest BCUT2D eigenvalue weighted by Gasteiger charge is 2.31. The van der Waals surface area contributed by atoms with Gasteiger partial charge >= 0.3 is 5.97 Å². The lowest BCUT2D eigenvalue weighted by molar-refractivity contribution is -0.147. The molecule has 1 rings (SSSR count). The zero-order chi connectivity index (χ0) is 12.1. The maximum Gasteiger partial charge on any atom is 0.308 e. The van der Waals surface area contributed by atoms with Gasteiger partial charge in [0.1, 0.15) is 0 Å². The normalized spacial score (nSPS) is 25.5. The molecular formula is C11H19NO3S. The fourth-order valence-electron chi connectivity index (χ4n) is 1.99. The number of amides is 1. The van der Waals surface area contributed by atoms with E-state index in [9.17, 15) is 9.59 Å². The summed E-state index contributed by atoms with van der Waals surface area (Å²) in [6.45, 7) is 2.37. The third kappa shape index (κ3) is 3.40. The molecule has 16 heavy (non-hydrogen) atoms. The molecule has 1 aliphatic heterocycles. The van der Waals surface area contributed by atoms with Gasteiger partial charge in [-0.05, 0) is 26.0 Å². The molecular weight excluding hydrogens is 226 g/mol. The van der Waals surface area contributed by atoms with Crippen LogP contribution < -0.4 is 0 Å². The SMILES string of the molecule is CSCCC(=O)N1CC(C(=O)O)CCC1C. The van der Waals surface area contributed by atoms with E-state index in [1.807, 2.05) is 13.2 Å². The number of rotatable bonds is 4. The summed E-state index contributed by atoms with van der Waals surface area (Å²) in [5.74, 6) is -0.267. The quantitative estimate of drug-likeness (QED) is 0.814. The number of nitrogens with zero attached hydrogens (tertiary/aromatic N) is 1. The highest BCUT2D eigenvalue weighted by Crippen LogP contribution is 2.22. The Kier molecular flexibility index (Phi) is 5.12. The van der Waals surface area contributed by atoms with Crippen LogP contribution in [0.1, 0.15) is 26.2 Å². The zero-order valence-corrected chi connectivity index (χ0v) is 10.6. The molecule has 0 aromatic heterocycles. The fourth-order valence-corrected chi connectivity index (χ4v) is 2.37. The number of piperidine rings is 1. The average Bonchev–Trinajstić information content (AvgIpc) is 2.26. The topological polar surface area (TPSA) is 57.6 Å². The Morgan fingerprint density at radius 3 is 2.69 bits per heavy atom. The molecule has 1 fully saturated rings. The van der Waals surface area contributed by atoms with Crippen molar-refractivity contribution in [2.24, 2.45) is 5.92 Å². The summed E-state index contributed by atoms with van der Waals surface area (Å²) >= 11 is 1.64. The van der Waals surface area contributed by atoms with Crippen molar-refractivity contribution in [2.75, 3.05) is 18.6 Å². The Balaban J connectivity index is 2.55. The molecule has 1 aliphatic rings. The first-order chi connectivity index (χ1) is 7.56. The van der Waals surface area contributed by atoms with Crippen LogP contribution in [-0.2, 0) is 9.59 Å². The maximum absolute atomic E-state index is 11.9. The van der Waals surface area contributed by atoms with Crippen LogP contribution in [0.25, 0.3) is 0 Å². The van der Waals surface area contributed by atoms with Gasteiger partial charge in [0.2, 0.25) is 5.91 Å². The van der Waals surface area contributed by atoms with Crippen LogP contribution in [0, 0.1) is 5.92 Å². The van der Waals surface area contributed by atoms with Crippen LogP contribution in [0.2, 0.25) is 0 Å². The van der Waals surface area contributed by atoms with E-state index in [0.717, 1.165) is 12.2 Å². The second-order valence-corrected chi connectivity index (χ2v) is 5.24. The number of aliphatic carboxylic acids is 1. The molecule has 1 amide bonds. The van der Waals surface area contributed by atoms with E-state index >= 15 is 0 Å². The number of carbonyl (C=O) groups is 2. The summed E-state index contributed by atoms with van der Waals surface area (Å²) in [7, 11) is 0. The molecule has 0 aromatic carbocycles. The number of carboxylic acid groups (broad SMARTS) is 1. The Labute approximate surface area is 100 Å². The van der Waals surface area contributed by atoms with Crippen molar-refractivity contribution >= 4 is 23.6 Å². The zero-order valence-electron chi connectivity index (χ0n) is 9.81. The smallest absolute Gasteiger partial charge is 0.308 e. The Morgan fingerprint density at radius 2 is 2.12 bits per heavy atom. The van der Waals surface area contributed by atoms with Crippen molar-refractivity contribution in [3.8, 4) is 0 Å². The summed E-state index contributed by atoms with van der Waals surface area (Å²) < 4.78 is 0. The van der Waals surface area contributed by atoms with Crippen molar-refractivity contribution in [2.45, 2.75) is 32.2 Å². The molecule has 0 bridgehead atoms. The number of hydrogen-bond donors (Lipinski definition) is 1. The summed E-state index contributed by atoms with van der Waals surface area (Å²) in [6, 6.07) is 0.185. The van der Waals surface area contributed by atoms with Crippen LogP contribution in [0.5, 0.6) is 0 Å². The summed E-state index contributed by atoms with van der Waals surface area (Å²) in [6.07, 6.45) is 3.95. The molecule has 92 valence electrons. The van der Waals surface area contributed by atoms with Crippen LogP contribution in [-0.4, -0.2) is 46.5 Å². The van der Waals surface area contributed by atoms with Gasteiger partial charge in [-0.15, -0.1) is 0 Å². The Bertz CT molecular complexity index is 270. The monoisotopic (exact) mass is 245 g/mol. The minimum absolute atomic E-state index is 0.0906. The van der Waals surface area contributed by atoms with E-state index < -0.39 is 5.97 Å². The van der Waals surface area contributed by atoms with Crippen molar-refractivity contribution < 1.29 is 14.7 Å². The van der Waals surface area contributed by atoms with E-state index in [2.05, 4.69) is 0 Å². The molecule has 4 nitrogen and oxygen atoms in total. The molecule has 1 heterocycles. The summed E-state index contributed by atoms with van der Waals surface area (Å²) in [5.41, 5.74) is 0. The Morgan fingerprint density at radius 1 is 1.44 bits per heavy atom. The van der Waals surface area contributed by atoms with Crippen LogP contribution in [0.4, 0.5) is 0 Å². The van der Waals surface area contributed by atoms with E-state index in [0.29, 0.717) is 19.4 Å². The van der Waals surface area contributed by atoms with Crippen molar-refractivity contribution in [1.29, 1.82) is 0 Å². The first-order valence-electron chi connectivity index (χ1n) is 5.57. The van der Waals surface area contributed by atoms with Crippen molar-refractivity contribution in [3.63, 3.8) is 0 Å². The highest BCUT2D eigenvalue weighted by atomic mass is 32.2. The lowest BCUT2D eigenvalue weighted by Crippen LogP contribution is -2.47. The molecule has 0 saturated carbocycles. The van der Waals surface area contributed by atoms with E-state index in [4.69, 9.17) is 5.11 Å². The van der Waals surface area contributed by atoms with Gasteiger partial charge in [-0.3, -0.25) is 9.59 Å². The predicted molar refractivity (Wildman–Crippen MR) is 64.5 cm³/mol. The molecule has 0 radical (unpaired) electrons. The lowest BCUT2D eigenvalue weighted by Gasteiger charge is -2.36. The van der Waals surface area contributed by atoms with Gasteiger partial charge < -0.3 is 10.0 Å².